The lowest BCUT2D eigenvalue weighted by molar-refractivity contribution is -0.117. The highest BCUT2D eigenvalue weighted by molar-refractivity contribution is 6.00. The summed E-state index contributed by atoms with van der Waals surface area (Å²) in [6.45, 7) is -2.84. The number of aromatic nitrogens is 4. The third kappa shape index (κ3) is 4.46. The molecule has 11 heteroatoms. The van der Waals surface area contributed by atoms with Gasteiger partial charge in [0.05, 0.1) is 40.5 Å². The maximum Gasteiger partial charge on any atom is 0.273 e. The lowest BCUT2D eigenvalue weighted by Crippen LogP contribution is -2.22. The number of ether oxygens (including phenoxy) is 1. The van der Waals surface area contributed by atoms with Crippen molar-refractivity contribution in [3.8, 4) is 17.1 Å². The van der Waals surface area contributed by atoms with Crippen LogP contribution >= 0.6 is 0 Å². The average Bonchev–Trinajstić information content (AvgIpc) is 3.65. The van der Waals surface area contributed by atoms with Gasteiger partial charge in [0.1, 0.15) is 0 Å². The minimum absolute atomic E-state index is 0.0121. The summed E-state index contributed by atoms with van der Waals surface area (Å²) in [5.74, 6) is -2.66. The predicted molar refractivity (Wildman–Crippen MR) is 114 cm³/mol. The summed E-state index contributed by atoms with van der Waals surface area (Å²) in [4.78, 5) is 32.6. The van der Waals surface area contributed by atoms with Crippen molar-refractivity contribution < 1.29 is 26.9 Å². The standard InChI is InChI=1S/C21H20FN7O3/c1-23-21(31)17-15(8-16(28-29-17)27-20(30)11-6-7-11)26-14-5-3-4-13(18(14)32-2)19-24-9-12(22)10-25-19/h3-5,8-11H,6-7H2,1-2H3,(H,23,31)(H2,26,27,28,30)/i1D3,2D3. The topological polar surface area (TPSA) is 131 Å². The fourth-order valence-corrected chi connectivity index (χ4v) is 2.87. The molecule has 2 aromatic heterocycles. The van der Waals surface area contributed by atoms with Crippen molar-refractivity contribution in [2.24, 2.45) is 5.92 Å². The van der Waals surface area contributed by atoms with Crippen LogP contribution in [0.4, 0.5) is 21.6 Å². The Kier molecular flexibility index (Phi) is 4.12. The van der Waals surface area contributed by atoms with Gasteiger partial charge in [0.2, 0.25) is 5.91 Å². The third-order valence-corrected chi connectivity index (χ3v) is 4.57. The number of anilines is 3. The van der Waals surface area contributed by atoms with Crippen LogP contribution in [0.25, 0.3) is 11.4 Å². The summed E-state index contributed by atoms with van der Waals surface area (Å²) in [5.41, 5.74) is -0.528. The van der Waals surface area contributed by atoms with Crippen LogP contribution in [0, 0.1) is 11.7 Å². The lowest BCUT2D eigenvalue weighted by Gasteiger charge is -2.16. The molecule has 0 radical (unpaired) electrons. The minimum atomic E-state index is -2.94. The number of carbonyl (C=O) groups is 2. The van der Waals surface area contributed by atoms with Gasteiger partial charge in [-0.1, -0.05) is 6.07 Å². The fraction of sp³-hybridized carbons (Fsp3) is 0.238. The van der Waals surface area contributed by atoms with Gasteiger partial charge in [-0.2, -0.15) is 0 Å². The van der Waals surface area contributed by atoms with E-state index in [4.69, 9.17) is 13.0 Å². The SMILES string of the molecule is [2H]C([2H])([2H])NC(=O)c1nnc(NC(=O)C2CC2)cc1Nc1cccc(-c2ncc(F)cn2)c1OC([2H])([2H])[2H]. The zero-order valence-corrected chi connectivity index (χ0v) is 16.3. The number of hydrogen-bond acceptors (Lipinski definition) is 8. The van der Waals surface area contributed by atoms with E-state index in [2.05, 4.69) is 30.8 Å². The number of amides is 2. The molecule has 0 saturated heterocycles. The van der Waals surface area contributed by atoms with Gasteiger partial charge in [-0.05, 0) is 25.0 Å². The van der Waals surface area contributed by atoms with Crippen molar-refractivity contribution in [1.29, 1.82) is 0 Å². The smallest absolute Gasteiger partial charge is 0.273 e. The Hall–Kier alpha value is -4.15. The molecule has 10 nitrogen and oxygen atoms in total. The van der Waals surface area contributed by atoms with Crippen LogP contribution in [0.1, 0.15) is 31.6 Å². The molecule has 0 atom stereocenters. The highest BCUT2D eigenvalue weighted by Gasteiger charge is 2.30. The second-order valence-corrected chi connectivity index (χ2v) is 6.84. The average molecular weight is 443 g/mol. The van der Waals surface area contributed by atoms with E-state index in [-0.39, 0.29) is 46.2 Å². The van der Waals surface area contributed by atoms with Crippen LogP contribution in [0.2, 0.25) is 0 Å². The van der Waals surface area contributed by atoms with Crippen LogP contribution in [-0.4, -0.2) is 46.0 Å². The van der Waals surface area contributed by atoms with Gasteiger partial charge < -0.3 is 20.7 Å². The van der Waals surface area contributed by atoms with E-state index in [9.17, 15) is 14.0 Å². The summed E-state index contributed by atoms with van der Waals surface area (Å²) >= 11 is 0. The molecule has 3 N–H and O–H groups in total. The fourth-order valence-electron chi connectivity index (χ4n) is 2.87. The number of carbonyl (C=O) groups excluding carboxylic acids is 2. The van der Waals surface area contributed by atoms with E-state index >= 15 is 0 Å². The molecule has 2 heterocycles. The summed E-state index contributed by atoms with van der Waals surface area (Å²) in [6, 6.07) is 5.57. The molecule has 0 spiro atoms. The molecular formula is C21H20FN7O3. The molecular weight excluding hydrogens is 417 g/mol. The highest BCUT2D eigenvalue weighted by Crippen LogP contribution is 2.37. The largest absolute Gasteiger partial charge is 0.494 e. The number of para-hydroxylation sites is 1. The van der Waals surface area contributed by atoms with E-state index in [0.717, 1.165) is 25.2 Å². The first-order valence-electron chi connectivity index (χ1n) is 12.4. The first kappa shape index (κ1) is 14.8. The Morgan fingerprint density at radius 2 is 2.00 bits per heavy atom. The minimum Gasteiger partial charge on any atom is -0.494 e. The maximum atomic E-state index is 13.4. The van der Waals surface area contributed by atoms with E-state index in [0.29, 0.717) is 0 Å². The van der Waals surface area contributed by atoms with Gasteiger partial charge in [-0.25, -0.2) is 14.4 Å². The number of nitrogens with one attached hydrogen (secondary N) is 3. The van der Waals surface area contributed by atoms with E-state index in [1.54, 1.807) is 5.32 Å². The normalized spacial score (nSPS) is 16.3. The van der Waals surface area contributed by atoms with Crippen molar-refractivity contribution in [2.75, 3.05) is 24.6 Å². The molecule has 0 aliphatic heterocycles. The second-order valence-electron chi connectivity index (χ2n) is 6.84. The first-order chi connectivity index (χ1) is 17.8. The van der Waals surface area contributed by atoms with Crippen molar-refractivity contribution in [1.82, 2.24) is 25.5 Å². The molecule has 4 rings (SSSR count). The van der Waals surface area contributed by atoms with E-state index in [1.165, 1.54) is 24.3 Å². The Balaban J connectivity index is 1.79. The molecule has 32 heavy (non-hydrogen) atoms. The Bertz CT molecular complexity index is 1360. The Morgan fingerprint density at radius 1 is 1.19 bits per heavy atom. The van der Waals surface area contributed by atoms with Gasteiger partial charge >= 0.3 is 0 Å². The van der Waals surface area contributed by atoms with Crippen molar-refractivity contribution in [2.45, 2.75) is 12.8 Å². The van der Waals surface area contributed by atoms with Crippen LogP contribution in [0.3, 0.4) is 0 Å². The molecule has 164 valence electrons. The number of halogens is 1. The summed E-state index contributed by atoms with van der Waals surface area (Å²) in [6.07, 6.45) is 3.22. The van der Waals surface area contributed by atoms with Crippen LogP contribution in [-0.2, 0) is 4.79 Å². The molecule has 1 aliphatic carbocycles. The predicted octanol–water partition coefficient (Wildman–Crippen LogP) is 2.53. The van der Waals surface area contributed by atoms with Crippen LogP contribution in [0.5, 0.6) is 5.75 Å². The Labute approximate surface area is 191 Å². The van der Waals surface area contributed by atoms with E-state index < -0.39 is 31.4 Å². The summed E-state index contributed by atoms with van der Waals surface area (Å²) in [5, 5.41) is 14.7. The molecule has 1 aliphatic rings. The molecule has 1 saturated carbocycles. The quantitative estimate of drug-likeness (QED) is 0.508. The monoisotopic (exact) mass is 443 g/mol. The van der Waals surface area contributed by atoms with Crippen molar-refractivity contribution >= 4 is 29.0 Å². The van der Waals surface area contributed by atoms with Crippen molar-refractivity contribution in [3.05, 3.63) is 48.2 Å². The lowest BCUT2D eigenvalue weighted by atomic mass is 10.1. The number of methoxy groups -OCH3 is 1. The molecule has 0 unspecified atom stereocenters. The van der Waals surface area contributed by atoms with Gasteiger partial charge in [-0.15, -0.1) is 10.2 Å². The number of nitrogens with zero attached hydrogens (tertiary/aromatic N) is 4. The molecule has 1 aromatic carbocycles. The number of hydrogen-bond donors (Lipinski definition) is 3. The first-order valence-corrected chi connectivity index (χ1v) is 9.37. The van der Waals surface area contributed by atoms with Crippen LogP contribution in [0.15, 0.2) is 36.7 Å². The summed E-state index contributed by atoms with van der Waals surface area (Å²) in [7, 11) is -2.94. The maximum absolute atomic E-state index is 13.4. The van der Waals surface area contributed by atoms with Gasteiger partial charge in [0.15, 0.2) is 28.9 Å². The van der Waals surface area contributed by atoms with Crippen LogP contribution < -0.4 is 20.7 Å². The molecule has 2 amide bonds. The van der Waals surface area contributed by atoms with E-state index in [1.807, 2.05) is 0 Å². The zero-order valence-electron chi connectivity index (χ0n) is 22.3. The molecule has 1 fully saturated rings. The zero-order chi connectivity index (χ0) is 27.7. The van der Waals surface area contributed by atoms with Crippen molar-refractivity contribution in [3.63, 3.8) is 0 Å². The van der Waals surface area contributed by atoms with Gasteiger partial charge in [-0.3, -0.25) is 9.59 Å². The number of benzene rings is 1. The van der Waals surface area contributed by atoms with Gasteiger partial charge in [0, 0.05) is 23.1 Å². The van der Waals surface area contributed by atoms with Gasteiger partial charge in [0.25, 0.3) is 5.91 Å². The highest BCUT2D eigenvalue weighted by atomic mass is 19.1. The Morgan fingerprint density at radius 3 is 2.72 bits per heavy atom. The number of rotatable bonds is 7. The second kappa shape index (κ2) is 8.92. The molecule has 0 bridgehead atoms. The summed E-state index contributed by atoms with van der Waals surface area (Å²) < 4.78 is 63.3. The molecule has 3 aromatic rings. The third-order valence-electron chi connectivity index (χ3n) is 4.57.